The molecule has 84 valence electrons. The maximum atomic E-state index is 12.3. The largest absolute Gasteiger partial charge is 0.468 e. The zero-order valence-corrected chi connectivity index (χ0v) is 8.19. The molecule has 0 saturated carbocycles. The number of hydrogen-bond acceptors (Lipinski definition) is 5. The number of nitrogens with zero attached hydrogens (tertiary/aromatic N) is 1. The van der Waals surface area contributed by atoms with E-state index in [9.17, 15) is 18.0 Å². The maximum Gasteiger partial charge on any atom is 0.434 e. The molecule has 15 heavy (non-hydrogen) atoms. The third kappa shape index (κ3) is 3.08. The summed E-state index contributed by atoms with van der Waals surface area (Å²) in [7, 11) is 0. The Hall–Kier alpha value is -1.31. The van der Waals surface area contributed by atoms with Crippen molar-refractivity contribution < 1.29 is 22.7 Å². The molecule has 0 fully saturated rings. The number of thiazole rings is 1. The number of aromatic nitrogens is 1. The van der Waals surface area contributed by atoms with Gasteiger partial charge in [0.25, 0.3) is 6.47 Å². The first-order chi connectivity index (χ1) is 6.95. The number of carbonyl (C=O) groups excluding carboxylic acids is 1. The molecule has 1 aromatic heterocycles. The van der Waals surface area contributed by atoms with E-state index in [1.165, 1.54) is 0 Å². The molecule has 1 aromatic rings. The number of ether oxygens (including phenoxy) is 1. The Balaban J connectivity index is 2.82. The first-order valence-electron chi connectivity index (χ1n) is 3.82. The van der Waals surface area contributed by atoms with Crippen LogP contribution >= 0.6 is 11.3 Å². The van der Waals surface area contributed by atoms with Gasteiger partial charge in [0.2, 0.25) is 0 Å². The van der Waals surface area contributed by atoms with Crippen molar-refractivity contribution in [3.8, 4) is 0 Å². The van der Waals surface area contributed by atoms with Gasteiger partial charge in [-0.15, -0.1) is 11.3 Å². The van der Waals surface area contributed by atoms with Crippen LogP contribution in [-0.2, 0) is 22.1 Å². The van der Waals surface area contributed by atoms with Crippen LogP contribution in [0.5, 0.6) is 0 Å². The molecule has 1 rings (SSSR count). The summed E-state index contributed by atoms with van der Waals surface area (Å²) in [4.78, 5) is 13.0. The van der Waals surface area contributed by atoms with Crippen LogP contribution in [0, 0.1) is 0 Å². The third-order valence-corrected chi connectivity index (χ3v) is 2.44. The van der Waals surface area contributed by atoms with E-state index in [0.29, 0.717) is 0 Å². The average Bonchev–Trinajstić information content (AvgIpc) is 2.47. The highest BCUT2D eigenvalue weighted by atomic mass is 32.1. The Kier molecular flexibility index (Phi) is 3.51. The van der Waals surface area contributed by atoms with Gasteiger partial charge in [0.05, 0.1) is 6.61 Å². The quantitative estimate of drug-likeness (QED) is 0.639. The number of hydrogen-bond donors (Lipinski definition) is 1. The Bertz CT molecular complexity index is 350. The number of halogens is 3. The van der Waals surface area contributed by atoms with Crippen molar-refractivity contribution in [2.75, 3.05) is 12.3 Å². The average molecular weight is 240 g/mol. The number of anilines is 1. The van der Waals surface area contributed by atoms with E-state index < -0.39 is 11.9 Å². The lowest BCUT2D eigenvalue weighted by atomic mass is 10.3. The zero-order valence-electron chi connectivity index (χ0n) is 7.37. The molecule has 1 heterocycles. The molecule has 2 N–H and O–H groups in total. The van der Waals surface area contributed by atoms with Gasteiger partial charge in [0.1, 0.15) is 0 Å². The van der Waals surface area contributed by atoms with Gasteiger partial charge in [-0.1, -0.05) is 0 Å². The minimum absolute atomic E-state index is 0.0261. The zero-order chi connectivity index (χ0) is 11.5. The van der Waals surface area contributed by atoms with Crippen LogP contribution in [0.25, 0.3) is 0 Å². The molecule has 0 amide bonds. The SMILES string of the molecule is Nc1nc(C(F)(F)F)c(CCOC=O)s1. The highest BCUT2D eigenvalue weighted by molar-refractivity contribution is 7.15. The predicted octanol–water partition coefficient (Wildman–Crippen LogP) is 1.46. The standard InChI is InChI=1S/C7H7F3N2O2S/c8-7(9,10)5-4(1-2-14-3-13)15-6(11)12-5/h3H,1-2H2,(H2,11,12). The fraction of sp³-hybridized carbons (Fsp3) is 0.429. The smallest absolute Gasteiger partial charge is 0.434 e. The van der Waals surface area contributed by atoms with E-state index in [1.807, 2.05) is 0 Å². The Morgan fingerprint density at radius 1 is 1.53 bits per heavy atom. The summed E-state index contributed by atoms with van der Waals surface area (Å²) >= 11 is 0.742. The molecule has 0 aliphatic carbocycles. The summed E-state index contributed by atoms with van der Waals surface area (Å²) in [6, 6.07) is 0. The van der Waals surface area contributed by atoms with Crippen LogP contribution in [0.1, 0.15) is 10.6 Å². The van der Waals surface area contributed by atoms with Crippen molar-refractivity contribution >= 4 is 22.9 Å². The van der Waals surface area contributed by atoms with Gasteiger partial charge in [-0.2, -0.15) is 13.2 Å². The number of nitrogen functional groups attached to an aromatic ring is 1. The number of alkyl halides is 3. The molecule has 0 spiro atoms. The van der Waals surface area contributed by atoms with Crippen LogP contribution in [0.15, 0.2) is 0 Å². The van der Waals surface area contributed by atoms with Gasteiger partial charge in [-0.05, 0) is 0 Å². The van der Waals surface area contributed by atoms with Crippen molar-refractivity contribution in [2.45, 2.75) is 12.6 Å². The van der Waals surface area contributed by atoms with Gasteiger partial charge in [-0.3, -0.25) is 4.79 Å². The summed E-state index contributed by atoms with van der Waals surface area (Å²) in [6.45, 7) is 0.0614. The highest BCUT2D eigenvalue weighted by Gasteiger charge is 2.37. The second-order valence-corrected chi connectivity index (χ2v) is 3.65. The van der Waals surface area contributed by atoms with E-state index in [1.54, 1.807) is 0 Å². The summed E-state index contributed by atoms with van der Waals surface area (Å²) in [6.07, 6.45) is -4.56. The first kappa shape index (κ1) is 11.8. The van der Waals surface area contributed by atoms with Gasteiger partial charge < -0.3 is 10.5 Å². The van der Waals surface area contributed by atoms with Gasteiger partial charge in [-0.25, -0.2) is 4.98 Å². The molecule has 4 nitrogen and oxygen atoms in total. The van der Waals surface area contributed by atoms with E-state index in [0.717, 1.165) is 11.3 Å². The van der Waals surface area contributed by atoms with Crippen LogP contribution < -0.4 is 5.73 Å². The van der Waals surface area contributed by atoms with Crippen LogP contribution in [-0.4, -0.2) is 18.1 Å². The molecule has 0 bridgehead atoms. The van der Waals surface area contributed by atoms with Crippen molar-refractivity contribution in [1.29, 1.82) is 0 Å². The summed E-state index contributed by atoms with van der Waals surface area (Å²) in [5.74, 6) is 0. The number of nitrogens with two attached hydrogens (primary N) is 1. The van der Waals surface area contributed by atoms with Crippen molar-refractivity contribution in [2.24, 2.45) is 0 Å². The highest BCUT2D eigenvalue weighted by Crippen LogP contribution is 2.35. The van der Waals surface area contributed by atoms with E-state index in [4.69, 9.17) is 5.73 Å². The lowest BCUT2D eigenvalue weighted by Crippen LogP contribution is -2.10. The Morgan fingerprint density at radius 3 is 2.73 bits per heavy atom. The molecule has 0 atom stereocenters. The molecule has 8 heteroatoms. The molecule has 0 aliphatic heterocycles. The normalized spacial score (nSPS) is 11.4. The Morgan fingerprint density at radius 2 is 2.20 bits per heavy atom. The monoisotopic (exact) mass is 240 g/mol. The van der Waals surface area contributed by atoms with Crippen molar-refractivity contribution in [3.63, 3.8) is 0 Å². The minimum atomic E-state index is -4.52. The Labute approximate surface area is 86.9 Å². The first-order valence-corrected chi connectivity index (χ1v) is 4.64. The van der Waals surface area contributed by atoms with Crippen LogP contribution in [0.4, 0.5) is 18.3 Å². The molecule has 0 aliphatic rings. The topological polar surface area (TPSA) is 65.2 Å². The lowest BCUT2D eigenvalue weighted by molar-refractivity contribution is -0.141. The van der Waals surface area contributed by atoms with Crippen LogP contribution in [0.2, 0.25) is 0 Å². The van der Waals surface area contributed by atoms with Gasteiger partial charge in [0, 0.05) is 11.3 Å². The van der Waals surface area contributed by atoms with E-state index >= 15 is 0 Å². The second-order valence-electron chi connectivity index (χ2n) is 2.54. The molecule has 0 unspecified atom stereocenters. The van der Waals surface area contributed by atoms with Gasteiger partial charge >= 0.3 is 6.18 Å². The summed E-state index contributed by atoms with van der Waals surface area (Å²) in [5, 5.41) is -0.150. The predicted molar refractivity (Wildman–Crippen MR) is 47.2 cm³/mol. The van der Waals surface area contributed by atoms with E-state index in [2.05, 4.69) is 9.72 Å². The van der Waals surface area contributed by atoms with Gasteiger partial charge in [0.15, 0.2) is 10.8 Å². The molecule has 0 saturated heterocycles. The molecular formula is C7H7F3N2O2S. The summed E-state index contributed by atoms with van der Waals surface area (Å²) in [5.41, 5.74) is 4.18. The van der Waals surface area contributed by atoms with Crippen LogP contribution in [0.3, 0.4) is 0 Å². The molecule has 0 radical (unpaired) electrons. The minimum Gasteiger partial charge on any atom is -0.468 e. The third-order valence-electron chi connectivity index (χ3n) is 1.50. The number of carbonyl (C=O) groups is 1. The molecular weight excluding hydrogens is 233 g/mol. The second kappa shape index (κ2) is 4.47. The van der Waals surface area contributed by atoms with Crippen molar-refractivity contribution in [3.05, 3.63) is 10.6 Å². The molecule has 0 aromatic carbocycles. The lowest BCUT2D eigenvalue weighted by Gasteiger charge is -2.04. The summed E-state index contributed by atoms with van der Waals surface area (Å²) < 4.78 is 41.4. The van der Waals surface area contributed by atoms with E-state index in [-0.39, 0.29) is 29.5 Å². The van der Waals surface area contributed by atoms with Crippen molar-refractivity contribution in [1.82, 2.24) is 4.98 Å². The maximum absolute atomic E-state index is 12.3. The number of rotatable bonds is 4. The fourth-order valence-electron chi connectivity index (χ4n) is 0.961. The fourth-order valence-corrected chi connectivity index (χ4v) is 1.79.